The SMILES string of the molecule is c1ccc(-c2ccc3cc(-c4ccc(N(c5ccc(-c6cccc7ccccc67)cc5)c5ccc(-n6c7ccccc7c7ccccc76)cc5)cc4)ccc3c2)cc1. The van der Waals surface area contributed by atoms with Gasteiger partial charge in [-0.25, -0.2) is 0 Å². The zero-order valence-electron chi connectivity index (χ0n) is 31.8. The van der Waals surface area contributed by atoms with Crippen LogP contribution in [-0.4, -0.2) is 4.57 Å². The minimum Gasteiger partial charge on any atom is -0.311 e. The van der Waals surface area contributed by atoms with Crippen molar-refractivity contribution in [3.63, 3.8) is 0 Å². The first kappa shape index (κ1) is 33.6. The number of para-hydroxylation sites is 2. The van der Waals surface area contributed by atoms with Crippen LogP contribution in [0, 0.1) is 0 Å². The van der Waals surface area contributed by atoms with Crippen molar-refractivity contribution in [3.8, 4) is 39.1 Å². The summed E-state index contributed by atoms with van der Waals surface area (Å²) in [5, 5.41) is 7.51. The third kappa shape index (κ3) is 5.91. The van der Waals surface area contributed by atoms with Crippen molar-refractivity contribution in [2.24, 2.45) is 0 Å². The van der Waals surface area contributed by atoms with Crippen molar-refractivity contribution in [1.82, 2.24) is 4.57 Å². The summed E-state index contributed by atoms with van der Waals surface area (Å²) in [6.07, 6.45) is 0. The van der Waals surface area contributed by atoms with Crippen LogP contribution in [0.4, 0.5) is 17.1 Å². The Morgan fingerprint density at radius 1 is 0.276 bits per heavy atom. The second-order valence-corrected chi connectivity index (χ2v) is 15.0. The third-order valence-electron chi connectivity index (χ3n) is 11.6. The molecule has 1 aromatic heterocycles. The molecule has 0 atom stereocenters. The van der Waals surface area contributed by atoms with E-state index in [-0.39, 0.29) is 0 Å². The molecule has 1 heterocycles. The van der Waals surface area contributed by atoms with Crippen LogP contribution >= 0.6 is 0 Å². The Labute approximate surface area is 338 Å². The highest BCUT2D eigenvalue weighted by Gasteiger charge is 2.16. The van der Waals surface area contributed by atoms with Gasteiger partial charge in [-0.2, -0.15) is 0 Å². The molecule has 11 aromatic rings. The second-order valence-electron chi connectivity index (χ2n) is 15.0. The summed E-state index contributed by atoms with van der Waals surface area (Å²) >= 11 is 0. The maximum Gasteiger partial charge on any atom is 0.0541 e. The molecule has 11 rings (SSSR count). The molecule has 0 aliphatic carbocycles. The summed E-state index contributed by atoms with van der Waals surface area (Å²) in [6, 6.07) is 83.6. The van der Waals surface area contributed by atoms with Gasteiger partial charge in [-0.05, 0) is 128 Å². The first-order chi connectivity index (χ1) is 28.7. The molecule has 272 valence electrons. The van der Waals surface area contributed by atoms with Gasteiger partial charge in [0.25, 0.3) is 0 Å². The molecule has 0 fully saturated rings. The topological polar surface area (TPSA) is 8.17 Å². The van der Waals surface area contributed by atoms with Crippen molar-refractivity contribution in [3.05, 3.63) is 231 Å². The molecule has 0 unspecified atom stereocenters. The number of hydrogen-bond donors (Lipinski definition) is 0. The van der Waals surface area contributed by atoms with E-state index in [1.165, 1.54) is 76.7 Å². The fourth-order valence-corrected chi connectivity index (χ4v) is 8.70. The van der Waals surface area contributed by atoms with Crippen molar-refractivity contribution >= 4 is 60.4 Å². The summed E-state index contributed by atoms with van der Waals surface area (Å²) in [7, 11) is 0. The molecular weight excluding hydrogens is 701 g/mol. The van der Waals surface area contributed by atoms with Crippen LogP contribution in [0.2, 0.25) is 0 Å². The Morgan fingerprint density at radius 3 is 1.33 bits per heavy atom. The van der Waals surface area contributed by atoms with Gasteiger partial charge in [-0.3, -0.25) is 0 Å². The summed E-state index contributed by atoms with van der Waals surface area (Å²) in [6.45, 7) is 0. The summed E-state index contributed by atoms with van der Waals surface area (Å²) < 4.78 is 2.37. The molecule has 0 spiro atoms. The highest BCUT2D eigenvalue weighted by molar-refractivity contribution is 6.09. The van der Waals surface area contributed by atoms with E-state index < -0.39 is 0 Å². The van der Waals surface area contributed by atoms with Gasteiger partial charge in [-0.1, -0.05) is 158 Å². The monoisotopic (exact) mass is 738 g/mol. The molecule has 0 N–H and O–H groups in total. The minimum atomic E-state index is 1.09. The number of anilines is 3. The lowest BCUT2D eigenvalue weighted by Gasteiger charge is -2.26. The minimum absolute atomic E-state index is 1.09. The predicted octanol–water partition coefficient (Wildman–Crippen LogP) is 15.6. The zero-order valence-corrected chi connectivity index (χ0v) is 31.8. The smallest absolute Gasteiger partial charge is 0.0541 e. The molecule has 0 aliphatic heterocycles. The van der Waals surface area contributed by atoms with E-state index in [0.717, 1.165) is 22.7 Å². The van der Waals surface area contributed by atoms with E-state index in [9.17, 15) is 0 Å². The van der Waals surface area contributed by atoms with Crippen molar-refractivity contribution in [2.45, 2.75) is 0 Å². The van der Waals surface area contributed by atoms with Gasteiger partial charge in [0.05, 0.1) is 11.0 Å². The molecule has 0 aliphatic rings. The maximum atomic E-state index is 2.37. The first-order valence-corrected chi connectivity index (χ1v) is 19.9. The Balaban J connectivity index is 0.974. The summed E-state index contributed by atoms with van der Waals surface area (Å²) in [5.74, 6) is 0. The second kappa shape index (κ2) is 14.1. The number of nitrogens with zero attached hydrogens (tertiary/aromatic N) is 2. The number of benzene rings is 10. The zero-order chi connectivity index (χ0) is 38.4. The predicted molar refractivity (Wildman–Crippen MR) is 247 cm³/mol. The van der Waals surface area contributed by atoms with E-state index >= 15 is 0 Å². The standard InChI is InChI=1S/C56H38N2/c1-2-11-39(12-3-1)43-21-23-46-38-44(22-24-45(46)37-43)40-25-29-47(30-26-40)57(48-31-27-42(28-32-48)52-18-10-14-41-13-4-5-15-51(41)52)49-33-35-50(36-34-49)58-55-19-8-6-16-53(55)54-17-7-9-20-56(54)58/h1-38H. The molecule has 0 saturated heterocycles. The fraction of sp³-hybridized carbons (Fsp3) is 0. The van der Waals surface area contributed by atoms with Crippen LogP contribution in [0.25, 0.3) is 82.4 Å². The van der Waals surface area contributed by atoms with Crippen LogP contribution in [0.15, 0.2) is 231 Å². The molecule has 2 heteroatoms. The molecule has 58 heavy (non-hydrogen) atoms. The van der Waals surface area contributed by atoms with Crippen LogP contribution in [0.5, 0.6) is 0 Å². The van der Waals surface area contributed by atoms with E-state index in [1.807, 2.05) is 0 Å². The van der Waals surface area contributed by atoms with Gasteiger partial charge in [0.2, 0.25) is 0 Å². The van der Waals surface area contributed by atoms with Gasteiger partial charge >= 0.3 is 0 Å². The Morgan fingerprint density at radius 2 is 0.724 bits per heavy atom. The Kier molecular flexibility index (Phi) is 8.19. The molecule has 10 aromatic carbocycles. The highest BCUT2D eigenvalue weighted by Crippen LogP contribution is 2.39. The lowest BCUT2D eigenvalue weighted by atomic mass is 9.97. The number of rotatable bonds is 7. The quantitative estimate of drug-likeness (QED) is 0.158. The van der Waals surface area contributed by atoms with Gasteiger partial charge in [0.15, 0.2) is 0 Å². The van der Waals surface area contributed by atoms with Crippen molar-refractivity contribution < 1.29 is 0 Å². The van der Waals surface area contributed by atoms with Crippen molar-refractivity contribution in [2.75, 3.05) is 4.90 Å². The molecule has 2 nitrogen and oxygen atoms in total. The van der Waals surface area contributed by atoms with Gasteiger partial charge in [-0.15, -0.1) is 0 Å². The largest absolute Gasteiger partial charge is 0.311 e. The lowest BCUT2D eigenvalue weighted by molar-refractivity contribution is 1.17. The van der Waals surface area contributed by atoms with Gasteiger partial charge in [0.1, 0.15) is 0 Å². The normalized spacial score (nSPS) is 11.4. The molecular formula is C56H38N2. The molecule has 0 amide bonds. The number of hydrogen-bond acceptors (Lipinski definition) is 1. The van der Waals surface area contributed by atoms with Crippen LogP contribution < -0.4 is 4.90 Å². The number of fused-ring (bicyclic) bond motifs is 5. The van der Waals surface area contributed by atoms with Crippen LogP contribution in [-0.2, 0) is 0 Å². The average molecular weight is 739 g/mol. The number of aromatic nitrogens is 1. The Hall–Kier alpha value is -7.68. The maximum absolute atomic E-state index is 2.37. The van der Waals surface area contributed by atoms with E-state index in [2.05, 4.69) is 240 Å². The summed E-state index contributed by atoms with van der Waals surface area (Å²) in [5.41, 5.74) is 14.1. The van der Waals surface area contributed by atoms with E-state index in [1.54, 1.807) is 0 Å². The molecule has 0 bridgehead atoms. The van der Waals surface area contributed by atoms with Crippen LogP contribution in [0.1, 0.15) is 0 Å². The van der Waals surface area contributed by atoms with E-state index in [0.29, 0.717) is 0 Å². The lowest BCUT2D eigenvalue weighted by Crippen LogP contribution is -2.10. The molecule has 0 saturated carbocycles. The fourth-order valence-electron chi connectivity index (χ4n) is 8.70. The third-order valence-corrected chi connectivity index (χ3v) is 11.6. The van der Waals surface area contributed by atoms with Gasteiger partial charge < -0.3 is 9.47 Å². The highest BCUT2D eigenvalue weighted by atomic mass is 15.1. The first-order valence-electron chi connectivity index (χ1n) is 19.9. The molecule has 0 radical (unpaired) electrons. The van der Waals surface area contributed by atoms with Crippen molar-refractivity contribution in [1.29, 1.82) is 0 Å². The van der Waals surface area contributed by atoms with Gasteiger partial charge in [0, 0.05) is 33.5 Å². The summed E-state index contributed by atoms with van der Waals surface area (Å²) in [4.78, 5) is 2.36. The van der Waals surface area contributed by atoms with E-state index in [4.69, 9.17) is 0 Å². The average Bonchev–Trinajstić information content (AvgIpc) is 3.64. The van der Waals surface area contributed by atoms with Crippen LogP contribution in [0.3, 0.4) is 0 Å². The Bertz CT molecular complexity index is 3190.